The van der Waals surface area contributed by atoms with Crippen LogP contribution in [0, 0.1) is 6.92 Å². The molecule has 2 aliphatic rings. The van der Waals surface area contributed by atoms with E-state index in [0.717, 1.165) is 72.2 Å². The Hall–Kier alpha value is -3.76. The average molecular weight is 515 g/mol. The number of imidazole rings is 1. The van der Waals surface area contributed by atoms with E-state index in [9.17, 15) is 0 Å². The maximum Gasteiger partial charge on any atom is 0.165 e. The monoisotopic (exact) mass is 514 g/mol. The Morgan fingerprint density at radius 2 is 1.92 bits per heavy atom. The number of pyridine rings is 1. The molecule has 38 heavy (non-hydrogen) atoms. The molecule has 6 rings (SSSR count). The lowest BCUT2D eigenvalue weighted by Crippen LogP contribution is -2.36. The van der Waals surface area contributed by atoms with Crippen LogP contribution in [0.25, 0.3) is 22.6 Å². The second-order valence-electron chi connectivity index (χ2n) is 9.90. The van der Waals surface area contributed by atoms with Gasteiger partial charge in [-0.05, 0) is 25.3 Å². The first-order valence-corrected chi connectivity index (χ1v) is 13.2. The van der Waals surface area contributed by atoms with Crippen LogP contribution in [0.5, 0.6) is 0 Å². The Balaban J connectivity index is 1.51. The first kappa shape index (κ1) is 24.6. The highest BCUT2D eigenvalue weighted by Gasteiger charge is 2.25. The summed E-state index contributed by atoms with van der Waals surface area (Å²) in [7, 11) is 3.64. The number of anilines is 2. The highest BCUT2D eigenvalue weighted by atomic mass is 16.5. The van der Waals surface area contributed by atoms with Gasteiger partial charge in [-0.2, -0.15) is 10.2 Å². The third-order valence-corrected chi connectivity index (χ3v) is 7.14. The van der Waals surface area contributed by atoms with Crippen LogP contribution in [-0.4, -0.2) is 76.6 Å². The zero-order valence-corrected chi connectivity index (χ0v) is 22.3. The van der Waals surface area contributed by atoms with E-state index in [0.29, 0.717) is 26.4 Å². The lowest BCUT2D eigenvalue weighted by atomic mass is 10.0. The molecule has 0 unspecified atom stereocenters. The molecule has 10 heteroatoms. The van der Waals surface area contributed by atoms with Gasteiger partial charge in [-0.15, -0.1) is 0 Å². The van der Waals surface area contributed by atoms with Crippen molar-refractivity contribution in [2.45, 2.75) is 26.3 Å². The molecule has 0 spiro atoms. The minimum absolute atomic E-state index is 0.552. The van der Waals surface area contributed by atoms with Crippen molar-refractivity contribution in [2.24, 2.45) is 12.1 Å². The molecule has 5 heterocycles. The maximum absolute atomic E-state index is 5.66. The molecule has 0 saturated carbocycles. The predicted octanol–water partition coefficient (Wildman–Crippen LogP) is 3.63. The van der Waals surface area contributed by atoms with E-state index in [1.54, 1.807) is 11.8 Å². The van der Waals surface area contributed by atoms with Gasteiger partial charge in [-0.1, -0.05) is 29.8 Å². The van der Waals surface area contributed by atoms with Crippen LogP contribution in [-0.2, 0) is 23.1 Å². The van der Waals surface area contributed by atoms with Gasteiger partial charge in [0.05, 0.1) is 43.0 Å². The second kappa shape index (κ2) is 10.5. The van der Waals surface area contributed by atoms with E-state index in [1.165, 1.54) is 11.1 Å². The lowest BCUT2D eigenvalue weighted by Gasteiger charge is -2.30. The molecular weight excluding hydrogens is 480 g/mol. The lowest BCUT2D eigenvalue weighted by molar-refractivity contribution is 0.123. The molecule has 1 saturated heterocycles. The predicted molar refractivity (Wildman–Crippen MR) is 149 cm³/mol. The highest BCUT2D eigenvalue weighted by Crippen LogP contribution is 2.34. The summed E-state index contributed by atoms with van der Waals surface area (Å²) in [6.07, 6.45) is 5.81. The van der Waals surface area contributed by atoms with Crippen molar-refractivity contribution in [3.8, 4) is 11.4 Å². The number of fused-ring (bicyclic) bond motifs is 1. The Bertz CT molecular complexity index is 1470. The largest absolute Gasteiger partial charge is 0.383 e. The van der Waals surface area contributed by atoms with Crippen molar-refractivity contribution in [3.63, 3.8) is 0 Å². The summed E-state index contributed by atoms with van der Waals surface area (Å²) < 4.78 is 15.1. The summed E-state index contributed by atoms with van der Waals surface area (Å²) in [5.41, 5.74) is 7.23. The van der Waals surface area contributed by atoms with Crippen LogP contribution in [0.3, 0.4) is 0 Å². The normalized spacial score (nSPS) is 16.3. The molecule has 0 aliphatic carbocycles. The van der Waals surface area contributed by atoms with Gasteiger partial charge in [-0.3, -0.25) is 4.68 Å². The minimum atomic E-state index is 0.552. The molecule has 0 amide bonds. The van der Waals surface area contributed by atoms with Gasteiger partial charge in [0.1, 0.15) is 11.3 Å². The number of ether oxygens (including phenoxy) is 2. The first-order valence-electron chi connectivity index (χ1n) is 13.2. The number of nitrogens with zero attached hydrogens (tertiary/aromatic N) is 8. The standard InChI is InChI=1S/C28H34N8O2/c1-20-6-4-7-21(16-20)23-8-5-9-36(32-23)25-17-24(34-10-14-38-15-11-34)26-28(30-25)35(12-13-37-3)27(31-26)22-18-29-33(2)19-22/h4,6-7,16-19H,5,8-15H2,1-3H3. The fraction of sp³-hybridized carbons (Fsp3) is 0.429. The SMILES string of the molecule is COCCn1c(-c2cnn(C)c2)nc2c(N3CCOCC3)cc(N3CCCC(c4cccc(C)c4)=N3)nc21. The van der Waals surface area contributed by atoms with E-state index in [4.69, 9.17) is 24.5 Å². The number of hydrogen-bond donors (Lipinski definition) is 0. The molecule has 0 atom stereocenters. The fourth-order valence-electron chi connectivity index (χ4n) is 5.22. The third-order valence-electron chi connectivity index (χ3n) is 7.14. The summed E-state index contributed by atoms with van der Waals surface area (Å²) in [5.74, 6) is 1.67. The van der Waals surface area contributed by atoms with E-state index >= 15 is 0 Å². The highest BCUT2D eigenvalue weighted by molar-refractivity contribution is 6.02. The summed E-state index contributed by atoms with van der Waals surface area (Å²) in [4.78, 5) is 12.7. The van der Waals surface area contributed by atoms with E-state index in [1.807, 2.05) is 19.4 Å². The number of morpholine rings is 1. The van der Waals surface area contributed by atoms with Gasteiger partial charge < -0.3 is 18.9 Å². The average Bonchev–Trinajstić information content (AvgIpc) is 3.55. The molecule has 1 fully saturated rings. The second-order valence-corrected chi connectivity index (χ2v) is 9.90. The Morgan fingerprint density at radius 1 is 1.05 bits per heavy atom. The Kier molecular flexibility index (Phi) is 6.82. The van der Waals surface area contributed by atoms with Crippen molar-refractivity contribution in [3.05, 3.63) is 53.9 Å². The number of hydrogen-bond acceptors (Lipinski definition) is 8. The molecule has 0 N–H and O–H groups in total. The summed E-state index contributed by atoms with van der Waals surface area (Å²) in [6, 6.07) is 10.7. The summed E-state index contributed by atoms with van der Waals surface area (Å²) in [5, 5.41) is 11.5. The molecule has 0 bridgehead atoms. The quantitative estimate of drug-likeness (QED) is 0.372. The molecule has 4 aromatic rings. The van der Waals surface area contributed by atoms with Crippen molar-refractivity contribution in [1.29, 1.82) is 0 Å². The number of methoxy groups -OCH3 is 1. The zero-order chi connectivity index (χ0) is 26.1. The fourth-order valence-corrected chi connectivity index (χ4v) is 5.22. The number of aryl methyl sites for hydroxylation is 2. The molecule has 2 aliphatic heterocycles. The van der Waals surface area contributed by atoms with Gasteiger partial charge in [0.15, 0.2) is 11.5 Å². The maximum atomic E-state index is 5.66. The van der Waals surface area contributed by atoms with E-state index < -0.39 is 0 Å². The van der Waals surface area contributed by atoms with Crippen molar-refractivity contribution < 1.29 is 9.47 Å². The summed E-state index contributed by atoms with van der Waals surface area (Å²) in [6.45, 7) is 7.13. The van der Waals surface area contributed by atoms with E-state index in [-0.39, 0.29) is 0 Å². The van der Waals surface area contributed by atoms with Gasteiger partial charge >= 0.3 is 0 Å². The van der Waals surface area contributed by atoms with Crippen LogP contribution >= 0.6 is 0 Å². The van der Waals surface area contributed by atoms with Crippen molar-refractivity contribution in [1.82, 2.24) is 24.3 Å². The van der Waals surface area contributed by atoms with Gasteiger partial charge in [0.2, 0.25) is 0 Å². The molecular formula is C28H34N8O2. The molecule has 1 aromatic carbocycles. The van der Waals surface area contributed by atoms with Crippen LogP contribution < -0.4 is 9.91 Å². The Labute approximate surface area is 222 Å². The summed E-state index contributed by atoms with van der Waals surface area (Å²) >= 11 is 0. The number of benzene rings is 1. The number of hydrazone groups is 1. The van der Waals surface area contributed by atoms with Crippen LogP contribution in [0.1, 0.15) is 24.0 Å². The van der Waals surface area contributed by atoms with Crippen molar-refractivity contribution in [2.75, 3.05) is 56.5 Å². The number of aromatic nitrogens is 5. The Morgan fingerprint density at radius 3 is 2.68 bits per heavy atom. The van der Waals surface area contributed by atoms with Gasteiger partial charge in [0, 0.05) is 52.6 Å². The third kappa shape index (κ3) is 4.77. The minimum Gasteiger partial charge on any atom is -0.383 e. The number of rotatable bonds is 7. The van der Waals surface area contributed by atoms with Gasteiger partial charge in [0.25, 0.3) is 0 Å². The smallest absolute Gasteiger partial charge is 0.165 e. The van der Waals surface area contributed by atoms with Crippen LogP contribution in [0.15, 0.2) is 47.8 Å². The topological polar surface area (TPSA) is 85.8 Å². The first-order chi connectivity index (χ1) is 18.6. The molecule has 0 radical (unpaired) electrons. The zero-order valence-electron chi connectivity index (χ0n) is 22.3. The molecule has 10 nitrogen and oxygen atoms in total. The van der Waals surface area contributed by atoms with Crippen LogP contribution in [0.4, 0.5) is 11.5 Å². The van der Waals surface area contributed by atoms with Crippen LogP contribution in [0.2, 0.25) is 0 Å². The van der Waals surface area contributed by atoms with Gasteiger partial charge in [-0.25, -0.2) is 15.0 Å². The molecule has 3 aromatic heterocycles. The van der Waals surface area contributed by atoms with E-state index in [2.05, 4.69) is 56.8 Å². The molecule has 198 valence electrons. The van der Waals surface area contributed by atoms with Crippen molar-refractivity contribution >= 4 is 28.4 Å².